The summed E-state index contributed by atoms with van der Waals surface area (Å²) in [6.45, 7) is 7.67. The summed E-state index contributed by atoms with van der Waals surface area (Å²) in [5, 5.41) is 6.75. The van der Waals surface area contributed by atoms with Gasteiger partial charge in [-0.25, -0.2) is 0 Å². The van der Waals surface area contributed by atoms with Crippen LogP contribution in [-0.4, -0.2) is 51.8 Å². The zero-order valence-corrected chi connectivity index (χ0v) is 21.7. The van der Waals surface area contributed by atoms with Gasteiger partial charge in [0.15, 0.2) is 17.5 Å². The minimum absolute atomic E-state index is 0. The predicted octanol–water partition coefficient (Wildman–Crippen LogP) is 4.07. The maximum Gasteiger partial charge on any atom is 0.191 e. The number of nitrogens with one attached hydrogen (secondary N) is 2. The third-order valence-corrected chi connectivity index (χ3v) is 4.52. The lowest BCUT2D eigenvalue weighted by Crippen LogP contribution is -2.37. The first kappa shape index (κ1) is 27.0. The van der Waals surface area contributed by atoms with Crippen LogP contribution in [0.4, 0.5) is 0 Å². The Morgan fingerprint density at radius 3 is 2.10 bits per heavy atom. The maximum atomic E-state index is 5.71. The van der Waals surface area contributed by atoms with Crippen molar-refractivity contribution in [2.75, 3.05) is 40.9 Å². The molecule has 7 heteroatoms. The zero-order valence-electron chi connectivity index (χ0n) is 19.4. The molecule has 172 valence electrons. The van der Waals surface area contributed by atoms with Crippen molar-refractivity contribution in [1.82, 2.24) is 15.5 Å². The van der Waals surface area contributed by atoms with Crippen LogP contribution >= 0.6 is 24.0 Å². The van der Waals surface area contributed by atoms with E-state index in [2.05, 4.69) is 71.0 Å². The quantitative estimate of drug-likeness (QED) is 0.256. The van der Waals surface area contributed by atoms with Gasteiger partial charge in [-0.05, 0) is 63.2 Å². The molecule has 2 rings (SSSR count). The molecule has 0 spiro atoms. The molecule has 0 saturated carbocycles. The molecule has 0 amide bonds. The SMILES string of the molecule is CCOc1ccc(CCNC(=NC)NCc2ccc(CN(C)C)cc2)cc1OCC.I. The Labute approximate surface area is 204 Å². The van der Waals surface area contributed by atoms with E-state index in [9.17, 15) is 0 Å². The molecule has 2 aromatic rings. The summed E-state index contributed by atoms with van der Waals surface area (Å²) in [7, 11) is 5.95. The number of ether oxygens (including phenoxy) is 2. The summed E-state index contributed by atoms with van der Waals surface area (Å²) >= 11 is 0. The molecular formula is C24H37IN4O2. The number of guanidine groups is 1. The van der Waals surface area contributed by atoms with Crippen molar-refractivity contribution in [1.29, 1.82) is 0 Å². The van der Waals surface area contributed by atoms with Crippen molar-refractivity contribution < 1.29 is 9.47 Å². The molecule has 0 atom stereocenters. The van der Waals surface area contributed by atoms with Crippen LogP contribution in [0.15, 0.2) is 47.5 Å². The second-order valence-corrected chi connectivity index (χ2v) is 7.30. The van der Waals surface area contributed by atoms with Gasteiger partial charge in [0.2, 0.25) is 0 Å². The van der Waals surface area contributed by atoms with E-state index < -0.39 is 0 Å². The van der Waals surface area contributed by atoms with Gasteiger partial charge in [0.25, 0.3) is 0 Å². The van der Waals surface area contributed by atoms with Gasteiger partial charge >= 0.3 is 0 Å². The molecule has 6 nitrogen and oxygen atoms in total. The molecule has 0 aliphatic carbocycles. The van der Waals surface area contributed by atoms with Crippen LogP contribution < -0.4 is 20.1 Å². The Morgan fingerprint density at radius 1 is 0.871 bits per heavy atom. The van der Waals surface area contributed by atoms with E-state index in [1.807, 2.05) is 19.9 Å². The van der Waals surface area contributed by atoms with E-state index in [4.69, 9.17) is 9.47 Å². The Morgan fingerprint density at radius 2 is 1.48 bits per heavy atom. The lowest BCUT2D eigenvalue weighted by Gasteiger charge is -2.14. The van der Waals surface area contributed by atoms with Crippen molar-refractivity contribution in [2.24, 2.45) is 4.99 Å². The minimum atomic E-state index is 0. The first-order valence-electron chi connectivity index (χ1n) is 10.6. The highest BCUT2D eigenvalue weighted by Crippen LogP contribution is 2.28. The fourth-order valence-corrected chi connectivity index (χ4v) is 3.11. The lowest BCUT2D eigenvalue weighted by molar-refractivity contribution is 0.287. The van der Waals surface area contributed by atoms with Crippen LogP contribution in [0.2, 0.25) is 0 Å². The van der Waals surface area contributed by atoms with Gasteiger partial charge in [-0.1, -0.05) is 30.3 Å². The summed E-state index contributed by atoms with van der Waals surface area (Å²) in [4.78, 5) is 6.49. The summed E-state index contributed by atoms with van der Waals surface area (Å²) in [5.74, 6) is 2.39. The molecule has 0 saturated heterocycles. The molecule has 0 unspecified atom stereocenters. The van der Waals surface area contributed by atoms with Crippen molar-refractivity contribution in [2.45, 2.75) is 33.4 Å². The number of nitrogens with zero attached hydrogens (tertiary/aromatic N) is 2. The van der Waals surface area contributed by atoms with E-state index in [1.165, 1.54) is 16.7 Å². The number of rotatable bonds is 11. The van der Waals surface area contributed by atoms with Crippen molar-refractivity contribution in [3.05, 3.63) is 59.2 Å². The summed E-state index contributed by atoms with van der Waals surface area (Å²) in [6.07, 6.45) is 0.867. The summed E-state index contributed by atoms with van der Waals surface area (Å²) < 4.78 is 11.3. The Balaban J connectivity index is 0.00000480. The van der Waals surface area contributed by atoms with Crippen molar-refractivity contribution in [3.63, 3.8) is 0 Å². The molecule has 0 heterocycles. The zero-order chi connectivity index (χ0) is 21.8. The van der Waals surface area contributed by atoms with Crippen molar-refractivity contribution in [3.8, 4) is 11.5 Å². The Kier molecular flexibility index (Phi) is 13.0. The first-order chi connectivity index (χ1) is 14.5. The van der Waals surface area contributed by atoms with Crippen LogP contribution in [0.3, 0.4) is 0 Å². The Bertz CT molecular complexity index is 795. The molecule has 0 fully saturated rings. The van der Waals surface area contributed by atoms with Crippen LogP contribution in [0.25, 0.3) is 0 Å². The first-order valence-corrected chi connectivity index (χ1v) is 10.6. The standard InChI is InChI=1S/C24H36N4O2.HI/c1-6-29-22-13-12-19(16-23(22)30-7-2)14-15-26-24(25-3)27-17-20-8-10-21(11-9-20)18-28(4)5;/h8-13,16H,6-7,14-15,17-18H2,1-5H3,(H2,25,26,27);1H. The minimum Gasteiger partial charge on any atom is -0.490 e. The van der Waals surface area contributed by atoms with Gasteiger partial charge in [0.1, 0.15) is 0 Å². The second-order valence-electron chi connectivity index (χ2n) is 7.30. The van der Waals surface area contributed by atoms with Gasteiger partial charge in [0, 0.05) is 26.7 Å². The van der Waals surface area contributed by atoms with Crippen LogP contribution in [-0.2, 0) is 19.5 Å². The number of hydrogen-bond donors (Lipinski definition) is 2. The molecule has 31 heavy (non-hydrogen) atoms. The maximum absolute atomic E-state index is 5.71. The van der Waals surface area contributed by atoms with Gasteiger partial charge in [-0.15, -0.1) is 24.0 Å². The molecule has 0 bridgehead atoms. The fourth-order valence-electron chi connectivity index (χ4n) is 3.11. The van der Waals surface area contributed by atoms with E-state index in [0.717, 1.165) is 43.5 Å². The number of halogens is 1. The van der Waals surface area contributed by atoms with Crippen LogP contribution in [0.5, 0.6) is 11.5 Å². The molecule has 0 aliphatic rings. The van der Waals surface area contributed by atoms with E-state index in [-0.39, 0.29) is 24.0 Å². The highest BCUT2D eigenvalue weighted by atomic mass is 127. The summed E-state index contributed by atoms with van der Waals surface area (Å²) in [6, 6.07) is 14.8. The third-order valence-electron chi connectivity index (χ3n) is 4.52. The fraction of sp³-hybridized carbons (Fsp3) is 0.458. The highest BCUT2D eigenvalue weighted by Gasteiger charge is 2.06. The van der Waals surface area contributed by atoms with Crippen LogP contribution in [0.1, 0.15) is 30.5 Å². The lowest BCUT2D eigenvalue weighted by atomic mass is 10.1. The topological polar surface area (TPSA) is 58.1 Å². The third kappa shape index (κ3) is 9.78. The van der Waals surface area contributed by atoms with Crippen molar-refractivity contribution >= 4 is 29.9 Å². The molecular weight excluding hydrogens is 503 g/mol. The monoisotopic (exact) mass is 540 g/mol. The average molecular weight is 540 g/mol. The molecule has 2 aromatic carbocycles. The smallest absolute Gasteiger partial charge is 0.191 e. The average Bonchev–Trinajstić information content (AvgIpc) is 2.73. The van der Waals surface area contributed by atoms with Gasteiger partial charge in [-0.2, -0.15) is 0 Å². The largest absolute Gasteiger partial charge is 0.490 e. The molecule has 2 N–H and O–H groups in total. The van der Waals surface area contributed by atoms with Gasteiger partial charge in [-0.3, -0.25) is 4.99 Å². The molecule has 0 radical (unpaired) electrons. The van der Waals surface area contributed by atoms with E-state index in [0.29, 0.717) is 13.2 Å². The molecule has 0 aliphatic heterocycles. The van der Waals surface area contributed by atoms with Crippen LogP contribution in [0, 0.1) is 0 Å². The van der Waals surface area contributed by atoms with Gasteiger partial charge < -0.3 is 25.0 Å². The second kappa shape index (κ2) is 14.9. The Hall–Kier alpha value is -2.00. The van der Waals surface area contributed by atoms with E-state index >= 15 is 0 Å². The normalized spacial score (nSPS) is 11.1. The summed E-state index contributed by atoms with van der Waals surface area (Å²) in [5.41, 5.74) is 3.74. The van der Waals surface area contributed by atoms with Gasteiger partial charge in [0.05, 0.1) is 13.2 Å². The number of benzene rings is 2. The predicted molar refractivity (Wildman–Crippen MR) is 140 cm³/mol. The number of aliphatic imine (C=N–C) groups is 1. The highest BCUT2D eigenvalue weighted by molar-refractivity contribution is 14.0. The molecule has 0 aromatic heterocycles. The van der Waals surface area contributed by atoms with E-state index in [1.54, 1.807) is 7.05 Å². The number of hydrogen-bond acceptors (Lipinski definition) is 4.